The Kier molecular flexibility index (Phi) is 4.28. The molecule has 0 saturated carbocycles. The molecule has 0 amide bonds. The molecule has 0 aliphatic carbocycles. The number of pyridine rings is 1. The molecule has 88 valence electrons. The molecule has 2 aromatic rings. The fourth-order valence-electron chi connectivity index (χ4n) is 1.94. The minimum atomic E-state index is 0.151. The van der Waals surface area contributed by atoms with Gasteiger partial charge in [-0.25, -0.2) is 0 Å². The second-order valence-corrected chi connectivity index (χ2v) is 4.26. The summed E-state index contributed by atoms with van der Waals surface area (Å²) in [5.74, 6) is 0. The number of hydrogen-bond donors (Lipinski definition) is 1. The van der Waals surface area contributed by atoms with E-state index in [1.165, 1.54) is 11.1 Å². The van der Waals surface area contributed by atoms with Crippen LogP contribution in [0.3, 0.4) is 0 Å². The Labute approximate surface area is 103 Å². The number of nitrogens with two attached hydrogens (primary N) is 1. The molecule has 2 heteroatoms. The average molecular weight is 226 g/mol. The van der Waals surface area contributed by atoms with Gasteiger partial charge in [-0.2, -0.15) is 0 Å². The minimum absolute atomic E-state index is 0.151. The second-order valence-electron chi connectivity index (χ2n) is 4.26. The van der Waals surface area contributed by atoms with E-state index in [2.05, 4.69) is 29.2 Å². The summed E-state index contributed by atoms with van der Waals surface area (Å²) in [6.07, 6.45) is 6.88. The first-order valence-corrected chi connectivity index (χ1v) is 6.05. The van der Waals surface area contributed by atoms with E-state index in [-0.39, 0.29) is 6.04 Å². The first kappa shape index (κ1) is 11.8. The lowest BCUT2D eigenvalue weighted by molar-refractivity contribution is 0.611. The monoisotopic (exact) mass is 226 g/mol. The highest BCUT2D eigenvalue weighted by Gasteiger charge is 2.04. The van der Waals surface area contributed by atoms with E-state index >= 15 is 0 Å². The summed E-state index contributed by atoms with van der Waals surface area (Å²) in [5.41, 5.74) is 8.70. The number of aromatic nitrogens is 1. The van der Waals surface area contributed by atoms with Gasteiger partial charge in [-0.05, 0) is 42.5 Å². The van der Waals surface area contributed by atoms with Crippen LogP contribution in [0.25, 0.3) is 0 Å². The number of nitrogens with zero attached hydrogens (tertiary/aromatic N) is 1. The lowest BCUT2D eigenvalue weighted by Gasteiger charge is -2.11. The van der Waals surface area contributed by atoms with Crippen LogP contribution in [0.4, 0.5) is 0 Å². The molecule has 0 aliphatic rings. The van der Waals surface area contributed by atoms with E-state index in [0.29, 0.717) is 0 Å². The Balaban J connectivity index is 1.79. The van der Waals surface area contributed by atoms with Gasteiger partial charge in [0.2, 0.25) is 0 Å². The van der Waals surface area contributed by atoms with Crippen molar-refractivity contribution in [2.45, 2.75) is 25.3 Å². The Morgan fingerprint density at radius 1 is 1.00 bits per heavy atom. The van der Waals surface area contributed by atoms with Crippen LogP contribution in [-0.2, 0) is 6.42 Å². The van der Waals surface area contributed by atoms with Gasteiger partial charge in [0.1, 0.15) is 0 Å². The Morgan fingerprint density at radius 2 is 1.71 bits per heavy atom. The van der Waals surface area contributed by atoms with Gasteiger partial charge in [-0.3, -0.25) is 4.98 Å². The second kappa shape index (κ2) is 6.16. The van der Waals surface area contributed by atoms with Gasteiger partial charge in [-0.15, -0.1) is 0 Å². The number of benzene rings is 1. The molecule has 0 saturated heterocycles. The molecule has 1 aromatic carbocycles. The molecule has 0 radical (unpaired) electrons. The predicted octanol–water partition coefficient (Wildman–Crippen LogP) is 3.10. The Morgan fingerprint density at radius 3 is 2.41 bits per heavy atom. The highest BCUT2D eigenvalue weighted by Crippen LogP contribution is 2.16. The summed E-state index contributed by atoms with van der Waals surface area (Å²) in [4.78, 5) is 4.01. The molecule has 0 fully saturated rings. The molecule has 2 nitrogen and oxygen atoms in total. The minimum Gasteiger partial charge on any atom is -0.324 e. The molecule has 0 aliphatic heterocycles. The molecule has 0 spiro atoms. The summed E-state index contributed by atoms with van der Waals surface area (Å²) in [7, 11) is 0. The normalized spacial score (nSPS) is 12.3. The lowest BCUT2D eigenvalue weighted by atomic mass is 10.0. The van der Waals surface area contributed by atoms with Crippen molar-refractivity contribution in [3.05, 3.63) is 66.0 Å². The zero-order valence-corrected chi connectivity index (χ0v) is 9.92. The van der Waals surface area contributed by atoms with Crippen molar-refractivity contribution in [1.29, 1.82) is 0 Å². The van der Waals surface area contributed by atoms with Gasteiger partial charge < -0.3 is 5.73 Å². The first-order valence-electron chi connectivity index (χ1n) is 6.05. The van der Waals surface area contributed by atoms with Gasteiger partial charge in [0.15, 0.2) is 0 Å². The van der Waals surface area contributed by atoms with Crippen LogP contribution in [0.5, 0.6) is 0 Å². The first-order chi connectivity index (χ1) is 8.36. The average Bonchev–Trinajstić information content (AvgIpc) is 2.41. The molecular formula is C15H18N2. The molecule has 2 N–H and O–H groups in total. The van der Waals surface area contributed by atoms with Gasteiger partial charge >= 0.3 is 0 Å². The van der Waals surface area contributed by atoms with Gasteiger partial charge in [-0.1, -0.05) is 30.3 Å². The summed E-state index contributed by atoms with van der Waals surface area (Å²) < 4.78 is 0. The highest BCUT2D eigenvalue weighted by molar-refractivity contribution is 5.18. The van der Waals surface area contributed by atoms with Crippen LogP contribution in [0.1, 0.15) is 30.0 Å². The fourth-order valence-corrected chi connectivity index (χ4v) is 1.94. The zero-order chi connectivity index (χ0) is 11.9. The zero-order valence-electron chi connectivity index (χ0n) is 9.92. The molecule has 1 atom stereocenters. The van der Waals surface area contributed by atoms with Crippen molar-refractivity contribution in [3.63, 3.8) is 0 Å². The van der Waals surface area contributed by atoms with Crippen molar-refractivity contribution in [3.8, 4) is 0 Å². The van der Waals surface area contributed by atoms with Crippen LogP contribution in [0.2, 0.25) is 0 Å². The lowest BCUT2D eigenvalue weighted by Crippen LogP contribution is -2.10. The van der Waals surface area contributed by atoms with E-state index in [0.717, 1.165) is 19.3 Å². The van der Waals surface area contributed by atoms with Gasteiger partial charge in [0.25, 0.3) is 0 Å². The Hall–Kier alpha value is -1.67. The van der Waals surface area contributed by atoms with Gasteiger partial charge in [0.05, 0.1) is 0 Å². The van der Waals surface area contributed by atoms with Crippen LogP contribution in [-0.4, -0.2) is 4.98 Å². The van der Waals surface area contributed by atoms with Crippen molar-refractivity contribution in [1.82, 2.24) is 4.98 Å². The maximum atomic E-state index is 6.15. The molecule has 1 aromatic heterocycles. The SMILES string of the molecule is N[C@@H](CCCc1ccncc1)c1ccccc1. The largest absolute Gasteiger partial charge is 0.324 e. The van der Waals surface area contributed by atoms with Crippen molar-refractivity contribution in [2.24, 2.45) is 5.73 Å². The third kappa shape index (κ3) is 3.68. The summed E-state index contributed by atoms with van der Waals surface area (Å²) in [6, 6.07) is 14.6. The highest BCUT2D eigenvalue weighted by atomic mass is 14.6. The van der Waals surface area contributed by atoms with Crippen LogP contribution in [0, 0.1) is 0 Å². The third-order valence-electron chi connectivity index (χ3n) is 2.96. The third-order valence-corrected chi connectivity index (χ3v) is 2.96. The van der Waals surface area contributed by atoms with Crippen LogP contribution >= 0.6 is 0 Å². The standard InChI is InChI=1S/C15H18N2/c16-15(14-6-2-1-3-7-14)8-4-5-13-9-11-17-12-10-13/h1-3,6-7,9-12,15H,4-5,8,16H2/t15-/m0/s1. The smallest absolute Gasteiger partial charge is 0.0294 e. The summed E-state index contributed by atoms with van der Waals surface area (Å²) in [5, 5.41) is 0. The van der Waals surface area contributed by atoms with E-state index in [9.17, 15) is 0 Å². The maximum absolute atomic E-state index is 6.15. The van der Waals surface area contributed by atoms with E-state index in [4.69, 9.17) is 5.73 Å². The summed E-state index contributed by atoms with van der Waals surface area (Å²) >= 11 is 0. The molecule has 2 rings (SSSR count). The van der Waals surface area contributed by atoms with Crippen molar-refractivity contribution >= 4 is 0 Å². The van der Waals surface area contributed by atoms with Crippen LogP contribution in [0.15, 0.2) is 54.9 Å². The summed E-state index contributed by atoms with van der Waals surface area (Å²) in [6.45, 7) is 0. The van der Waals surface area contributed by atoms with E-state index in [1.54, 1.807) is 0 Å². The van der Waals surface area contributed by atoms with Crippen LogP contribution < -0.4 is 5.73 Å². The fraction of sp³-hybridized carbons (Fsp3) is 0.267. The Bertz CT molecular complexity index is 425. The van der Waals surface area contributed by atoms with E-state index < -0.39 is 0 Å². The maximum Gasteiger partial charge on any atom is 0.0294 e. The topological polar surface area (TPSA) is 38.9 Å². The predicted molar refractivity (Wildman–Crippen MR) is 70.5 cm³/mol. The van der Waals surface area contributed by atoms with Gasteiger partial charge in [0, 0.05) is 18.4 Å². The molecule has 1 heterocycles. The number of rotatable bonds is 5. The quantitative estimate of drug-likeness (QED) is 0.850. The number of hydrogen-bond acceptors (Lipinski definition) is 2. The van der Waals surface area contributed by atoms with Crippen molar-refractivity contribution < 1.29 is 0 Å². The number of aryl methyl sites for hydroxylation is 1. The molecule has 0 bridgehead atoms. The van der Waals surface area contributed by atoms with E-state index in [1.807, 2.05) is 30.6 Å². The van der Waals surface area contributed by atoms with Crippen molar-refractivity contribution in [2.75, 3.05) is 0 Å². The molecule has 17 heavy (non-hydrogen) atoms. The molecular weight excluding hydrogens is 208 g/mol. The molecule has 0 unspecified atom stereocenters.